The van der Waals surface area contributed by atoms with Crippen molar-refractivity contribution < 1.29 is 19.3 Å². The van der Waals surface area contributed by atoms with Crippen LogP contribution in [0.2, 0.25) is 0 Å². The number of benzene rings is 2. The van der Waals surface area contributed by atoms with E-state index in [0.29, 0.717) is 23.8 Å². The molecule has 104 valence electrons. The summed E-state index contributed by atoms with van der Waals surface area (Å²) in [5, 5.41) is 12.5. The molecule has 1 heterocycles. The summed E-state index contributed by atoms with van der Waals surface area (Å²) in [7, 11) is 1.61. The highest BCUT2D eigenvalue weighted by atomic mass is 16.7. The van der Waals surface area contributed by atoms with Crippen LogP contribution in [0.25, 0.3) is 0 Å². The van der Waals surface area contributed by atoms with Gasteiger partial charge in [-0.1, -0.05) is 0 Å². The van der Waals surface area contributed by atoms with E-state index in [1.165, 1.54) is 0 Å². The molecule has 0 bridgehead atoms. The van der Waals surface area contributed by atoms with E-state index in [-0.39, 0.29) is 12.5 Å². The Morgan fingerprint density at radius 2 is 2.00 bits per heavy atom. The highest BCUT2D eigenvalue weighted by Gasteiger charge is 2.19. The van der Waals surface area contributed by atoms with Gasteiger partial charge >= 0.3 is 0 Å². The lowest BCUT2D eigenvalue weighted by molar-refractivity contribution is 0.171. The minimum atomic E-state index is 0.223. The molecule has 2 N–H and O–H groups in total. The first-order valence-electron chi connectivity index (χ1n) is 6.25. The highest BCUT2D eigenvalue weighted by Crippen LogP contribution is 2.41. The zero-order valence-corrected chi connectivity index (χ0v) is 11.1. The molecule has 0 amide bonds. The van der Waals surface area contributed by atoms with Crippen molar-refractivity contribution >= 4 is 5.69 Å². The van der Waals surface area contributed by atoms with Crippen molar-refractivity contribution in [2.75, 3.05) is 19.2 Å². The summed E-state index contributed by atoms with van der Waals surface area (Å²) in [6, 6.07) is 10.8. The van der Waals surface area contributed by atoms with Gasteiger partial charge in [0, 0.05) is 12.2 Å². The smallest absolute Gasteiger partial charge is 0.231 e. The van der Waals surface area contributed by atoms with E-state index in [2.05, 4.69) is 5.32 Å². The van der Waals surface area contributed by atoms with Gasteiger partial charge in [-0.05, 0) is 42.0 Å². The number of rotatable bonds is 4. The maximum absolute atomic E-state index is 9.24. The standard InChI is InChI=1S/C15H15NO4/c1-18-13-6-10(7-14-15(13)20-9-19-14)8-16-11-2-4-12(17)5-3-11/h2-7,16-17H,8-9H2,1H3. The van der Waals surface area contributed by atoms with Crippen LogP contribution < -0.4 is 19.5 Å². The second-order valence-electron chi connectivity index (χ2n) is 4.43. The molecule has 0 atom stereocenters. The van der Waals surface area contributed by atoms with Crippen molar-refractivity contribution in [2.45, 2.75) is 6.54 Å². The van der Waals surface area contributed by atoms with E-state index in [0.717, 1.165) is 11.3 Å². The largest absolute Gasteiger partial charge is 0.508 e. The van der Waals surface area contributed by atoms with Gasteiger partial charge in [0.25, 0.3) is 0 Å². The number of nitrogens with one attached hydrogen (secondary N) is 1. The molecule has 0 aliphatic carbocycles. The predicted molar refractivity (Wildman–Crippen MR) is 74.6 cm³/mol. The number of methoxy groups -OCH3 is 1. The number of hydrogen-bond donors (Lipinski definition) is 2. The second-order valence-corrected chi connectivity index (χ2v) is 4.43. The van der Waals surface area contributed by atoms with E-state index >= 15 is 0 Å². The van der Waals surface area contributed by atoms with Crippen LogP contribution in [0.5, 0.6) is 23.0 Å². The molecule has 5 nitrogen and oxygen atoms in total. The van der Waals surface area contributed by atoms with Gasteiger partial charge in [-0.25, -0.2) is 0 Å². The zero-order chi connectivity index (χ0) is 13.9. The normalized spacial score (nSPS) is 12.2. The average molecular weight is 273 g/mol. The molecular weight excluding hydrogens is 258 g/mol. The monoisotopic (exact) mass is 273 g/mol. The van der Waals surface area contributed by atoms with E-state index in [9.17, 15) is 5.11 Å². The molecule has 3 rings (SSSR count). The number of hydrogen-bond acceptors (Lipinski definition) is 5. The Morgan fingerprint density at radius 3 is 2.75 bits per heavy atom. The number of ether oxygens (including phenoxy) is 3. The van der Waals surface area contributed by atoms with E-state index < -0.39 is 0 Å². The molecule has 2 aromatic rings. The van der Waals surface area contributed by atoms with Crippen molar-refractivity contribution in [1.82, 2.24) is 0 Å². The summed E-state index contributed by atoms with van der Waals surface area (Å²) in [6.07, 6.45) is 0. The summed E-state index contributed by atoms with van der Waals surface area (Å²) in [6.45, 7) is 0.846. The Kier molecular flexibility index (Phi) is 3.25. The lowest BCUT2D eigenvalue weighted by Crippen LogP contribution is -1.99. The summed E-state index contributed by atoms with van der Waals surface area (Å²) in [5.74, 6) is 2.27. The summed E-state index contributed by atoms with van der Waals surface area (Å²) >= 11 is 0. The van der Waals surface area contributed by atoms with E-state index in [1.807, 2.05) is 24.3 Å². The topological polar surface area (TPSA) is 60.0 Å². The molecule has 0 fully saturated rings. The highest BCUT2D eigenvalue weighted by molar-refractivity contribution is 5.56. The SMILES string of the molecule is COc1cc(CNc2ccc(O)cc2)cc2c1OCO2. The Balaban J connectivity index is 1.76. The third-order valence-electron chi connectivity index (χ3n) is 3.08. The predicted octanol–water partition coefficient (Wildman–Crippen LogP) is 2.74. The second kappa shape index (κ2) is 5.21. The van der Waals surface area contributed by atoms with Gasteiger partial charge in [0.15, 0.2) is 11.5 Å². The van der Waals surface area contributed by atoms with Crippen LogP contribution in [-0.4, -0.2) is 19.0 Å². The molecule has 0 aromatic heterocycles. The van der Waals surface area contributed by atoms with Crippen LogP contribution in [0.3, 0.4) is 0 Å². The van der Waals surface area contributed by atoms with Gasteiger partial charge in [-0.15, -0.1) is 0 Å². The Bertz CT molecular complexity index is 610. The molecular formula is C15H15NO4. The summed E-state index contributed by atoms with van der Waals surface area (Å²) < 4.78 is 16.0. The van der Waals surface area contributed by atoms with Crippen LogP contribution in [0.4, 0.5) is 5.69 Å². The zero-order valence-electron chi connectivity index (χ0n) is 11.1. The van der Waals surface area contributed by atoms with Crippen molar-refractivity contribution in [2.24, 2.45) is 0 Å². The minimum Gasteiger partial charge on any atom is -0.508 e. The van der Waals surface area contributed by atoms with Crippen LogP contribution in [0.15, 0.2) is 36.4 Å². The molecule has 5 heteroatoms. The Labute approximate surface area is 116 Å². The maximum Gasteiger partial charge on any atom is 0.231 e. The molecule has 2 aromatic carbocycles. The van der Waals surface area contributed by atoms with Crippen LogP contribution in [0, 0.1) is 0 Å². The van der Waals surface area contributed by atoms with Crippen LogP contribution in [0.1, 0.15) is 5.56 Å². The van der Waals surface area contributed by atoms with Gasteiger partial charge < -0.3 is 24.6 Å². The van der Waals surface area contributed by atoms with E-state index in [1.54, 1.807) is 19.2 Å². The molecule has 1 aliphatic heterocycles. The fourth-order valence-corrected chi connectivity index (χ4v) is 2.07. The van der Waals surface area contributed by atoms with Crippen molar-refractivity contribution in [3.8, 4) is 23.0 Å². The maximum atomic E-state index is 9.24. The Hall–Kier alpha value is -2.56. The number of aromatic hydroxyl groups is 1. The van der Waals surface area contributed by atoms with Gasteiger partial charge in [0.2, 0.25) is 12.5 Å². The van der Waals surface area contributed by atoms with Gasteiger partial charge in [-0.2, -0.15) is 0 Å². The number of fused-ring (bicyclic) bond motifs is 1. The number of phenols is 1. The van der Waals surface area contributed by atoms with Gasteiger partial charge in [0.05, 0.1) is 7.11 Å². The molecule has 0 unspecified atom stereocenters. The molecule has 0 saturated carbocycles. The van der Waals surface area contributed by atoms with Crippen LogP contribution in [-0.2, 0) is 6.54 Å². The summed E-state index contributed by atoms with van der Waals surface area (Å²) in [4.78, 5) is 0. The van der Waals surface area contributed by atoms with Crippen molar-refractivity contribution in [3.05, 3.63) is 42.0 Å². The summed E-state index contributed by atoms with van der Waals surface area (Å²) in [5.41, 5.74) is 1.96. The lowest BCUT2D eigenvalue weighted by atomic mass is 10.1. The minimum absolute atomic E-state index is 0.223. The van der Waals surface area contributed by atoms with Crippen molar-refractivity contribution in [3.63, 3.8) is 0 Å². The first-order chi connectivity index (χ1) is 9.76. The molecule has 0 radical (unpaired) electrons. The molecule has 20 heavy (non-hydrogen) atoms. The molecule has 0 saturated heterocycles. The first-order valence-corrected chi connectivity index (χ1v) is 6.25. The third-order valence-corrected chi connectivity index (χ3v) is 3.08. The first kappa shape index (κ1) is 12.5. The van der Waals surface area contributed by atoms with Crippen molar-refractivity contribution in [1.29, 1.82) is 0 Å². The Morgan fingerprint density at radius 1 is 1.20 bits per heavy atom. The fourth-order valence-electron chi connectivity index (χ4n) is 2.07. The van der Waals surface area contributed by atoms with Crippen LogP contribution >= 0.6 is 0 Å². The molecule has 1 aliphatic rings. The van der Waals surface area contributed by atoms with E-state index in [4.69, 9.17) is 14.2 Å². The van der Waals surface area contributed by atoms with Gasteiger partial charge in [-0.3, -0.25) is 0 Å². The fraction of sp³-hybridized carbons (Fsp3) is 0.200. The average Bonchev–Trinajstić information content (AvgIpc) is 2.94. The van der Waals surface area contributed by atoms with Gasteiger partial charge in [0.1, 0.15) is 5.75 Å². The number of phenolic OH excluding ortho intramolecular Hbond substituents is 1. The number of anilines is 1. The lowest BCUT2D eigenvalue weighted by Gasteiger charge is -2.10. The molecule has 0 spiro atoms. The third kappa shape index (κ3) is 2.42. The quantitative estimate of drug-likeness (QED) is 0.839.